The summed E-state index contributed by atoms with van der Waals surface area (Å²) < 4.78 is 0. The Balaban J connectivity index is 1.78. The van der Waals surface area contributed by atoms with E-state index in [0.717, 1.165) is 47.5 Å². The highest BCUT2D eigenvalue weighted by Gasteiger charge is 2.40. The Bertz CT molecular complexity index is 964. The summed E-state index contributed by atoms with van der Waals surface area (Å²) in [5.74, 6) is 0.0872. The van der Waals surface area contributed by atoms with E-state index in [9.17, 15) is 4.79 Å². The lowest BCUT2D eigenvalue weighted by Gasteiger charge is -2.29. The molecule has 0 saturated carbocycles. The lowest BCUT2D eigenvalue weighted by Crippen LogP contribution is -2.33. The second-order valence-electron chi connectivity index (χ2n) is 8.00. The standard InChI is InChI=1S/C23H26N4O/c1-4-5-10-23(3)18-14-17(21-15(2)13-20(28)26-27-21)6-7-19(18)25-22(23)16-8-11-24-12-9-16/h6-9,11-12,14-15H,4-5,10,13H2,1-3H3,(H,26,28). The summed E-state index contributed by atoms with van der Waals surface area (Å²) in [5, 5.41) is 4.35. The molecule has 0 spiro atoms. The molecule has 2 unspecified atom stereocenters. The van der Waals surface area contributed by atoms with Crippen LogP contribution in [0.5, 0.6) is 0 Å². The van der Waals surface area contributed by atoms with E-state index in [1.54, 1.807) is 0 Å². The van der Waals surface area contributed by atoms with Gasteiger partial charge in [0.15, 0.2) is 0 Å². The number of carbonyl (C=O) groups excluding carboxylic acids is 1. The monoisotopic (exact) mass is 374 g/mol. The van der Waals surface area contributed by atoms with Gasteiger partial charge in [-0.05, 0) is 54.3 Å². The third-order valence-electron chi connectivity index (χ3n) is 5.89. The molecule has 2 aliphatic heterocycles. The van der Waals surface area contributed by atoms with Gasteiger partial charge in [0.2, 0.25) is 5.91 Å². The number of rotatable bonds is 5. The maximum atomic E-state index is 11.6. The maximum Gasteiger partial charge on any atom is 0.240 e. The molecule has 3 heterocycles. The van der Waals surface area contributed by atoms with Gasteiger partial charge in [-0.2, -0.15) is 5.10 Å². The number of pyridine rings is 1. The number of carbonyl (C=O) groups is 1. The fourth-order valence-corrected chi connectivity index (χ4v) is 4.28. The van der Waals surface area contributed by atoms with Crippen LogP contribution in [0.2, 0.25) is 0 Å². The zero-order valence-corrected chi connectivity index (χ0v) is 16.7. The first kappa shape index (κ1) is 18.5. The number of fused-ring (bicyclic) bond motifs is 1. The number of nitrogens with zero attached hydrogens (tertiary/aromatic N) is 3. The molecule has 144 valence electrons. The van der Waals surface area contributed by atoms with Crippen LogP contribution in [0.1, 0.15) is 63.1 Å². The quantitative estimate of drug-likeness (QED) is 0.836. The van der Waals surface area contributed by atoms with Crippen LogP contribution in [0.4, 0.5) is 5.69 Å². The van der Waals surface area contributed by atoms with Crippen LogP contribution in [0, 0.1) is 5.92 Å². The number of unbranched alkanes of at least 4 members (excludes halogenated alkanes) is 1. The molecule has 1 amide bonds. The van der Waals surface area contributed by atoms with Crippen molar-refractivity contribution in [1.29, 1.82) is 0 Å². The average Bonchev–Trinajstić information content (AvgIpc) is 2.99. The maximum absolute atomic E-state index is 11.6. The molecule has 0 bridgehead atoms. The second-order valence-corrected chi connectivity index (χ2v) is 8.00. The summed E-state index contributed by atoms with van der Waals surface area (Å²) in [6.07, 6.45) is 7.45. The van der Waals surface area contributed by atoms with Gasteiger partial charge >= 0.3 is 0 Å². The lowest BCUT2D eigenvalue weighted by molar-refractivity contribution is -0.121. The molecule has 1 N–H and O–H groups in total. The van der Waals surface area contributed by atoms with Crippen molar-refractivity contribution >= 4 is 23.0 Å². The third-order valence-corrected chi connectivity index (χ3v) is 5.89. The van der Waals surface area contributed by atoms with Crippen LogP contribution >= 0.6 is 0 Å². The predicted molar refractivity (Wildman–Crippen MR) is 112 cm³/mol. The Morgan fingerprint density at radius 2 is 1.96 bits per heavy atom. The molecule has 1 aromatic carbocycles. The van der Waals surface area contributed by atoms with Crippen molar-refractivity contribution < 1.29 is 4.79 Å². The first-order chi connectivity index (χ1) is 13.5. The van der Waals surface area contributed by atoms with Crippen molar-refractivity contribution in [2.24, 2.45) is 16.0 Å². The van der Waals surface area contributed by atoms with Gasteiger partial charge in [0.05, 0.1) is 17.1 Å². The summed E-state index contributed by atoms with van der Waals surface area (Å²) >= 11 is 0. The van der Waals surface area contributed by atoms with E-state index in [1.807, 2.05) is 24.5 Å². The molecule has 5 nitrogen and oxygen atoms in total. The number of aromatic nitrogens is 1. The van der Waals surface area contributed by atoms with Crippen molar-refractivity contribution in [1.82, 2.24) is 10.4 Å². The van der Waals surface area contributed by atoms with Gasteiger partial charge in [-0.1, -0.05) is 32.8 Å². The molecule has 2 aliphatic rings. The SMILES string of the molecule is CCCCC1(C)C(c2ccncc2)=Nc2ccc(C3=NNC(=O)CC3C)cc21. The second kappa shape index (κ2) is 7.30. The van der Waals surface area contributed by atoms with E-state index < -0.39 is 0 Å². The largest absolute Gasteiger partial charge is 0.273 e. The molecule has 4 rings (SSSR count). The molecule has 5 heteroatoms. The molecule has 2 atom stereocenters. The minimum Gasteiger partial charge on any atom is -0.273 e. The van der Waals surface area contributed by atoms with E-state index in [2.05, 4.69) is 54.5 Å². The Labute approximate surface area is 166 Å². The zero-order valence-electron chi connectivity index (χ0n) is 16.7. The number of amides is 1. The van der Waals surface area contributed by atoms with Crippen LogP contribution < -0.4 is 5.43 Å². The number of hydrazone groups is 1. The third kappa shape index (κ3) is 3.15. The number of hydrogen-bond acceptors (Lipinski definition) is 4. The zero-order chi connectivity index (χ0) is 19.7. The molecular weight excluding hydrogens is 348 g/mol. The molecule has 0 aliphatic carbocycles. The Hall–Kier alpha value is -2.82. The summed E-state index contributed by atoms with van der Waals surface area (Å²) in [7, 11) is 0. The van der Waals surface area contributed by atoms with Gasteiger partial charge in [0.1, 0.15) is 0 Å². The van der Waals surface area contributed by atoms with E-state index >= 15 is 0 Å². The molecule has 2 aromatic rings. The Morgan fingerprint density at radius 3 is 2.68 bits per heavy atom. The van der Waals surface area contributed by atoms with Crippen molar-refractivity contribution in [3.8, 4) is 0 Å². The summed E-state index contributed by atoms with van der Waals surface area (Å²) in [6.45, 7) is 6.57. The van der Waals surface area contributed by atoms with Gasteiger partial charge in [0, 0.05) is 30.1 Å². The summed E-state index contributed by atoms with van der Waals surface area (Å²) in [4.78, 5) is 20.8. The first-order valence-electron chi connectivity index (χ1n) is 10.0. The molecular formula is C23H26N4O. The minimum absolute atomic E-state index is 0.0199. The number of benzene rings is 1. The average molecular weight is 374 g/mol. The summed E-state index contributed by atoms with van der Waals surface area (Å²) in [6, 6.07) is 10.5. The number of hydrogen-bond donors (Lipinski definition) is 1. The van der Waals surface area contributed by atoms with E-state index in [1.165, 1.54) is 5.56 Å². The molecule has 0 radical (unpaired) electrons. The first-order valence-corrected chi connectivity index (χ1v) is 10.0. The van der Waals surface area contributed by atoms with E-state index in [0.29, 0.717) is 6.42 Å². The molecule has 0 fully saturated rings. The highest BCUT2D eigenvalue weighted by atomic mass is 16.2. The van der Waals surface area contributed by atoms with Gasteiger partial charge in [-0.15, -0.1) is 0 Å². The topological polar surface area (TPSA) is 66.7 Å². The van der Waals surface area contributed by atoms with Crippen molar-refractivity contribution in [2.45, 2.75) is 51.9 Å². The van der Waals surface area contributed by atoms with Crippen LogP contribution in [-0.2, 0) is 10.2 Å². The van der Waals surface area contributed by atoms with Gasteiger partial charge in [-0.25, -0.2) is 5.43 Å². The van der Waals surface area contributed by atoms with E-state index in [-0.39, 0.29) is 17.2 Å². The van der Waals surface area contributed by atoms with Crippen molar-refractivity contribution in [3.63, 3.8) is 0 Å². The Kier molecular flexibility index (Phi) is 4.84. The van der Waals surface area contributed by atoms with Crippen LogP contribution in [0.25, 0.3) is 0 Å². The summed E-state index contributed by atoms with van der Waals surface area (Å²) in [5.41, 5.74) is 9.01. The Morgan fingerprint density at radius 1 is 1.18 bits per heavy atom. The number of nitrogens with one attached hydrogen (secondary N) is 1. The van der Waals surface area contributed by atoms with Gasteiger partial charge in [0.25, 0.3) is 0 Å². The normalized spacial score (nSPS) is 23.7. The predicted octanol–water partition coefficient (Wildman–Crippen LogP) is 4.52. The van der Waals surface area contributed by atoms with Gasteiger partial charge < -0.3 is 0 Å². The van der Waals surface area contributed by atoms with Crippen LogP contribution in [0.15, 0.2) is 52.8 Å². The molecule has 1 aromatic heterocycles. The highest BCUT2D eigenvalue weighted by molar-refractivity contribution is 6.13. The van der Waals surface area contributed by atoms with Crippen molar-refractivity contribution in [3.05, 3.63) is 59.4 Å². The van der Waals surface area contributed by atoms with Crippen LogP contribution in [0.3, 0.4) is 0 Å². The highest BCUT2D eigenvalue weighted by Crippen LogP contribution is 2.45. The minimum atomic E-state index is -0.148. The fraction of sp³-hybridized carbons (Fsp3) is 0.391. The van der Waals surface area contributed by atoms with Crippen LogP contribution in [-0.4, -0.2) is 22.3 Å². The molecule has 0 saturated heterocycles. The molecule has 28 heavy (non-hydrogen) atoms. The van der Waals surface area contributed by atoms with Crippen molar-refractivity contribution in [2.75, 3.05) is 0 Å². The van der Waals surface area contributed by atoms with E-state index in [4.69, 9.17) is 4.99 Å². The smallest absolute Gasteiger partial charge is 0.240 e. The lowest BCUT2D eigenvalue weighted by atomic mass is 9.73. The fourth-order valence-electron chi connectivity index (χ4n) is 4.28. The number of aliphatic imine (C=N–C) groups is 1. The van der Waals surface area contributed by atoms with Gasteiger partial charge in [-0.3, -0.25) is 14.8 Å².